The molecule has 0 aliphatic carbocycles. The Morgan fingerprint density at radius 1 is 1.26 bits per heavy atom. The van der Waals surface area contributed by atoms with Crippen LogP contribution in [-0.2, 0) is 0 Å². The Labute approximate surface area is 138 Å². The summed E-state index contributed by atoms with van der Waals surface area (Å²) in [5.74, 6) is -0.158. The molecule has 19 heavy (non-hydrogen) atoms. The van der Waals surface area contributed by atoms with Crippen LogP contribution in [0.1, 0.15) is 15.9 Å². The molecule has 0 bridgehead atoms. The normalized spacial score (nSPS) is 10.3. The number of amides is 1. The second kappa shape index (κ2) is 6.24. The number of anilines is 1. The van der Waals surface area contributed by atoms with Crippen molar-refractivity contribution < 1.29 is 4.79 Å². The quantitative estimate of drug-likeness (QED) is 0.621. The van der Waals surface area contributed by atoms with Crippen LogP contribution < -0.4 is 5.32 Å². The highest BCUT2D eigenvalue weighted by Gasteiger charge is 2.11. The first-order chi connectivity index (χ1) is 8.97. The molecule has 2 nitrogen and oxygen atoms in total. The maximum absolute atomic E-state index is 12.2. The Balaban J connectivity index is 2.28. The molecular formula is C14H10BrClINO. The second-order valence-electron chi connectivity index (χ2n) is 4.04. The van der Waals surface area contributed by atoms with Crippen LogP contribution in [0.5, 0.6) is 0 Å². The van der Waals surface area contributed by atoms with Crippen LogP contribution in [0, 0.1) is 10.5 Å². The van der Waals surface area contributed by atoms with Gasteiger partial charge in [0.2, 0.25) is 0 Å². The molecule has 0 saturated carbocycles. The van der Waals surface area contributed by atoms with Crippen LogP contribution >= 0.6 is 50.1 Å². The van der Waals surface area contributed by atoms with E-state index < -0.39 is 0 Å². The molecule has 1 amide bonds. The molecule has 0 fully saturated rings. The lowest BCUT2D eigenvalue weighted by Gasteiger charge is -2.10. The zero-order chi connectivity index (χ0) is 14.0. The minimum atomic E-state index is -0.158. The van der Waals surface area contributed by atoms with Gasteiger partial charge in [-0.1, -0.05) is 27.5 Å². The van der Waals surface area contributed by atoms with Crippen molar-refractivity contribution in [2.24, 2.45) is 0 Å². The summed E-state index contributed by atoms with van der Waals surface area (Å²) in [5, 5.41) is 3.37. The fourth-order valence-corrected chi connectivity index (χ4v) is 2.80. The molecule has 98 valence electrons. The molecule has 1 N–H and O–H groups in total. The highest BCUT2D eigenvalue weighted by atomic mass is 127. The number of hydrogen-bond acceptors (Lipinski definition) is 1. The first kappa shape index (κ1) is 14.8. The zero-order valence-electron chi connectivity index (χ0n) is 10.0. The molecular weight excluding hydrogens is 440 g/mol. The number of carbonyl (C=O) groups is 1. The third-order valence-electron chi connectivity index (χ3n) is 2.61. The highest BCUT2D eigenvalue weighted by molar-refractivity contribution is 14.1. The van der Waals surface area contributed by atoms with Gasteiger partial charge in [0, 0.05) is 13.6 Å². The number of carbonyl (C=O) groups excluding carboxylic acids is 1. The number of aryl methyl sites for hydroxylation is 1. The molecule has 0 aromatic heterocycles. The summed E-state index contributed by atoms with van der Waals surface area (Å²) in [4.78, 5) is 12.2. The lowest BCUT2D eigenvalue weighted by molar-refractivity contribution is 0.102. The largest absolute Gasteiger partial charge is 0.321 e. The number of nitrogens with one attached hydrogen (secondary N) is 1. The van der Waals surface area contributed by atoms with E-state index >= 15 is 0 Å². The summed E-state index contributed by atoms with van der Waals surface area (Å²) < 4.78 is 1.97. The van der Waals surface area contributed by atoms with Gasteiger partial charge in [-0.05, 0) is 71.5 Å². The first-order valence-electron chi connectivity index (χ1n) is 5.50. The van der Waals surface area contributed by atoms with E-state index in [4.69, 9.17) is 11.6 Å². The summed E-state index contributed by atoms with van der Waals surface area (Å²) >= 11 is 11.6. The van der Waals surface area contributed by atoms with Crippen molar-refractivity contribution in [3.05, 3.63) is 60.6 Å². The minimum absolute atomic E-state index is 0.158. The molecule has 0 radical (unpaired) electrons. The van der Waals surface area contributed by atoms with Gasteiger partial charge in [0.15, 0.2) is 0 Å². The molecule has 0 heterocycles. The molecule has 2 aromatic rings. The summed E-state index contributed by atoms with van der Waals surface area (Å²) in [6.07, 6.45) is 0. The van der Waals surface area contributed by atoms with E-state index in [1.165, 1.54) is 0 Å². The van der Waals surface area contributed by atoms with Crippen molar-refractivity contribution in [1.82, 2.24) is 0 Å². The van der Waals surface area contributed by atoms with Gasteiger partial charge in [-0.3, -0.25) is 4.79 Å². The SMILES string of the molecule is Cc1cc(Br)ccc1C(=O)Nc1cc(I)ccc1Cl. The average molecular weight is 451 g/mol. The molecule has 0 saturated heterocycles. The lowest BCUT2D eigenvalue weighted by Crippen LogP contribution is -2.13. The Morgan fingerprint density at radius 3 is 2.68 bits per heavy atom. The van der Waals surface area contributed by atoms with E-state index in [-0.39, 0.29) is 5.91 Å². The average Bonchev–Trinajstić information content (AvgIpc) is 2.33. The van der Waals surface area contributed by atoms with E-state index in [1.54, 1.807) is 12.1 Å². The molecule has 2 aromatic carbocycles. The smallest absolute Gasteiger partial charge is 0.255 e. The van der Waals surface area contributed by atoms with Gasteiger partial charge in [0.05, 0.1) is 10.7 Å². The summed E-state index contributed by atoms with van der Waals surface area (Å²) in [7, 11) is 0. The lowest BCUT2D eigenvalue weighted by atomic mass is 10.1. The van der Waals surface area contributed by atoms with Gasteiger partial charge in [0.25, 0.3) is 5.91 Å². The molecule has 5 heteroatoms. The van der Waals surface area contributed by atoms with Crippen LogP contribution in [0.4, 0.5) is 5.69 Å². The standard InChI is InChI=1S/C14H10BrClINO/c1-8-6-9(15)2-4-11(8)14(19)18-13-7-10(17)3-5-12(13)16/h2-7H,1H3,(H,18,19). The highest BCUT2D eigenvalue weighted by Crippen LogP contribution is 2.25. The molecule has 0 atom stereocenters. The van der Waals surface area contributed by atoms with Crippen molar-refractivity contribution in [1.29, 1.82) is 0 Å². The number of benzene rings is 2. The van der Waals surface area contributed by atoms with E-state index in [0.717, 1.165) is 13.6 Å². The summed E-state index contributed by atoms with van der Waals surface area (Å²) in [6, 6.07) is 11.0. The van der Waals surface area contributed by atoms with Crippen LogP contribution in [0.2, 0.25) is 5.02 Å². The van der Waals surface area contributed by atoms with E-state index in [9.17, 15) is 4.79 Å². The van der Waals surface area contributed by atoms with Crippen LogP contribution in [0.25, 0.3) is 0 Å². The van der Waals surface area contributed by atoms with Crippen molar-refractivity contribution >= 4 is 61.7 Å². The fourth-order valence-electron chi connectivity index (χ4n) is 1.66. The third kappa shape index (κ3) is 3.70. The van der Waals surface area contributed by atoms with E-state index in [1.807, 2.05) is 31.2 Å². The number of rotatable bonds is 2. The molecule has 2 rings (SSSR count). The Bertz CT molecular complexity index is 645. The molecule has 0 aliphatic rings. The van der Waals surface area contributed by atoms with Crippen molar-refractivity contribution in [2.75, 3.05) is 5.32 Å². The van der Waals surface area contributed by atoms with E-state index in [0.29, 0.717) is 16.3 Å². The van der Waals surface area contributed by atoms with Crippen LogP contribution in [-0.4, -0.2) is 5.91 Å². The Kier molecular flexibility index (Phi) is 4.86. The second-order valence-corrected chi connectivity index (χ2v) is 6.61. The van der Waals surface area contributed by atoms with Gasteiger partial charge in [0.1, 0.15) is 0 Å². The third-order valence-corrected chi connectivity index (χ3v) is 4.10. The molecule has 0 spiro atoms. The van der Waals surface area contributed by atoms with Crippen molar-refractivity contribution in [2.45, 2.75) is 6.92 Å². The maximum atomic E-state index is 12.2. The van der Waals surface area contributed by atoms with Gasteiger partial charge in [-0.2, -0.15) is 0 Å². The predicted molar refractivity (Wildman–Crippen MR) is 91.0 cm³/mol. The monoisotopic (exact) mass is 449 g/mol. The Morgan fingerprint density at radius 2 is 2.00 bits per heavy atom. The summed E-state index contributed by atoms with van der Waals surface area (Å²) in [6.45, 7) is 1.90. The Hall–Kier alpha value is -0.590. The van der Waals surface area contributed by atoms with Gasteiger partial charge in [-0.25, -0.2) is 0 Å². The van der Waals surface area contributed by atoms with Gasteiger partial charge < -0.3 is 5.32 Å². The zero-order valence-corrected chi connectivity index (χ0v) is 14.5. The number of hydrogen-bond donors (Lipinski definition) is 1. The van der Waals surface area contributed by atoms with Gasteiger partial charge >= 0.3 is 0 Å². The number of halogens is 3. The first-order valence-corrected chi connectivity index (χ1v) is 7.75. The van der Waals surface area contributed by atoms with Crippen molar-refractivity contribution in [3.8, 4) is 0 Å². The predicted octanol–water partition coefficient (Wildman–Crippen LogP) is 5.27. The summed E-state index contributed by atoms with van der Waals surface area (Å²) in [5.41, 5.74) is 2.17. The molecule has 0 unspecified atom stereocenters. The minimum Gasteiger partial charge on any atom is -0.321 e. The molecule has 0 aliphatic heterocycles. The van der Waals surface area contributed by atoms with Crippen LogP contribution in [0.15, 0.2) is 40.9 Å². The van der Waals surface area contributed by atoms with Gasteiger partial charge in [-0.15, -0.1) is 0 Å². The van der Waals surface area contributed by atoms with E-state index in [2.05, 4.69) is 43.8 Å². The maximum Gasteiger partial charge on any atom is 0.255 e. The topological polar surface area (TPSA) is 29.1 Å². The van der Waals surface area contributed by atoms with Crippen molar-refractivity contribution in [3.63, 3.8) is 0 Å². The fraction of sp³-hybridized carbons (Fsp3) is 0.0714. The van der Waals surface area contributed by atoms with Crippen LogP contribution in [0.3, 0.4) is 0 Å².